The van der Waals surface area contributed by atoms with E-state index in [0.29, 0.717) is 36.4 Å². The van der Waals surface area contributed by atoms with Crippen molar-refractivity contribution in [1.82, 2.24) is 9.55 Å². The number of ether oxygens (including phenoxy) is 1. The van der Waals surface area contributed by atoms with Crippen LogP contribution in [0.4, 0.5) is 0 Å². The maximum Gasteiger partial charge on any atom is 0.293 e. The van der Waals surface area contributed by atoms with E-state index < -0.39 is 0 Å². The summed E-state index contributed by atoms with van der Waals surface area (Å²) in [5, 5.41) is 0.888. The van der Waals surface area contributed by atoms with Gasteiger partial charge in [-0.25, -0.2) is 4.98 Å². The Hall–Kier alpha value is -3.28. The fraction of sp³-hybridized carbons (Fsp3) is 0.200. The number of aromatic nitrogens is 2. The molecule has 3 heterocycles. The topological polar surface area (TPSA) is 78.3 Å². The summed E-state index contributed by atoms with van der Waals surface area (Å²) in [6.07, 6.45) is 0.348. The Morgan fingerprint density at radius 2 is 2.15 bits per heavy atom. The van der Waals surface area contributed by atoms with Gasteiger partial charge in [-0.3, -0.25) is 14.4 Å². The summed E-state index contributed by atoms with van der Waals surface area (Å²) in [7, 11) is 0. The summed E-state index contributed by atoms with van der Waals surface area (Å²) < 4.78 is 6.51. The summed E-state index contributed by atoms with van der Waals surface area (Å²) in [5.74, 6) is -0.0620. The monoisotopic (exact) mass is 348 g/mol. The zero-order chi connectivity index (χ0) is 18.3. The van der Waals surface area contributed by atoms with Crippen LogP contribution < -0.4 is 5.56 Å². The Bertz CT molecular complexity index is 1110. The van der Waals surface area contributed by atoms with Crippen molar-refractivity contribution >= 4 is 23.2 Å². The third-order valence-corrected chi connectivity index (χ3v) is 4.68. The van der Waals surface area contributed by atoms with Crippen LogP contribution >= 0.6 is 0 Å². The fourth-order valence-corrected chi connectivity index (χ4v) is 3.38. The first-order chi connectivity index (χ1) is 12.6. The molecule has 0 fully saturated rings. The van der Waals surface area contributed by atoms with Crippen LogP contribution in [0.2, 0.25) is 0 Å². The van der Waals surface area contributed by atoms with Gasteiger partial charge in [0.25, 0.3) is 12.0 Å². The highest BCUT2D eigenvalue weighted by atomic mass is 16.5. The molecular formula is C20H16N2O4. The quantitative estimate of drug-likeness (QED) is 0.409. The number of fused-ring (bicyclic) bond motifs is 4. The first-order valence-electron chi connectivity index (χ1n) is 8.37. The maximum atomic E-state index is 12.4. The van der Waals surface area contributed by atoms with Crippen molar-refractivity contribution in [3.05, 3.63) is 63.4 Å². The lowest BCUT2D eigenvalue weighted by molar-refractivity contribution is -0.129. The van der Waals surface area contributed by atoms with Crippen molar-refractivity contribution < 1.29 is 14.3 Å². The Morgan fingerprint density at radius 3 is 2.92 bits per heavy atom. The van der Waals surface area contributed by atoms with Gasteiger partial charge in [-0.15, -0.1) is 0 Å². The Kier molecular flexibility index (Phi) is 3.88. The van der Waals surface area contributed by atoms with Gasteiger partial charge >= 0.3 is 0 Å². The van der Waals surface area contributed by atoms with E-state index in [0.717, 1.165) is 22.0 Å². The van der Waals surface area contributed by atoms with E-state index >= 15 is 0 Å². The highest BCUT2D eigenvalue weighted by molar-refractivity contribution is 5.97. The predicted molar refractivity (Wildman–Crippen MR) is 96.0 cm³/mol. The summed E-state index contributed by atoms with van der Waals surface area (Å²) in [6.45, 7) is 2.77. The standard InChI is InChI=1S/C20H16N2O4/c1-2-18(24)13-7-17-20-14(9-22(17)19(25)8-13)6-15-12(10-26-11-23)4-3-5-16(15)21-20/h3-8,11H,2,9-10H2,1H3. The molecule has 0 unspecified atom stereocenters. The van der Waals surface area contributed by atoms with Crippen LogP contribution in [-0.4, -0.2) is 21.8 Å². The molecule has 130 valence electrons. The number of ketones is 1. The molecule has 0 radical (unpaired) electrons. The molecule has 0 atom stereocenters. The van der Waals surface area contributed by atoms with Crippen LogP contribution in [-0.2, 0) is 22.7 Å². The zero-order valence-corrected chi connectivity index (χ0v) is 14.2. The molecule has 4 rings (SSSR count). The molecule has 0 amide bonds. The minimum absolute atomic E-state index is 0.0620. The van der Waals surface area contributed by atoms with Crippen LogP contribution in [0, 0.1) is 0 Å². The minimum atomic E-state index is -0.203. The Morgan fingerprint density at radius 1 is 1.31 bits per heavy atom. The minimum Gasteiger partial charge on any atom is -0.463 e. The summed E-state index contributed by atoms with van der Waals surface area (Å²) in [5.41, 5.74) is 4.13. The first-order valence-corrected chi connectivity index (χ1v) is 8.37. The Labute approximate surface area is 149 Å². The third kappa shape index (κ3) is 2.50. The second-order valence-corrected chi connectivity index (χ2v) is 6.22. The third-order valence-electron chi connectivity index (χ3n) is 4.68. The van der Waals surface area contributed by atoms with Gasteiger partial charge in [0, 0.05) is 29.0 Å². The highest BCUT2D eigenvalue weighted by Gasteiger charge is 2.23. The van der Waals surface area contributed by atoms with E-state index in [1.807, 2.05) is 24.3 Å². The number of rotatable bonds is 5. The molecule has 0 aliphatic carbocycles. The smallest absolute Gasteiger partial charge is 0.293 e. The van der Waals surface area contributed by atoms with E-state index in [1.54, 1.807) is 17.6 Å². The molecule has 2 aromatic heterocycles. The van der Waals surface area contributed by atoms with E-state index in [9.17, 15) is 14.4 Å². The van der Waals surface area contributed by atoms with Gasteiger partial charge in [-0.1, -0.05) is 19.1 Å². The van der Waals surface area contributed by atoms with Crippen LogP contribution in [0.1, 0.15) is 34.8 Å². The molecule has 3 aromatic rings. The normalized spacial score (nSPS) is 11.9. The molecule has 0 saturated carbocycles. The maximum absolute atomic E-state index is 12.4. The van der Waals surface area contributed by atoms with Crippen LogP contribution in [0.3, 0.4) is 0 Å². The van der Waals surface area contributed by atoms with E-state index in [2.05, 4.69) is 0 Å². The lowest BCUT2D eigenvalue weighted by Gasteiger charge is -2.08. The molecule has 1 aliphatic rings. The molecule has 6 heteroatoms. The molecule has 26 heavy (non-hydrogen) atoms. The Balaban J connectivity index is 1.90. The summed E-state index contributed by atoms with van der Waals surface area (Å²) in [6, 6.07) is 10.7. The van der Waals surface area contributed by atoms with Gasteiger partial charge < -0.3 is 9.30 Å². The number of hydrogen-bond donors (Lipinski definition) is 0. The van der Waals surface area contributed by atoms with E-state index in [4.69, 9.17) is 9.72 Å². The van der Waals surface area contributed by atoms with E-state index in [1.165, 1.54) is 6.07 Å². The molecule has 6 nitrogen and oxygen atoms in total. The van der Waals surface area contributed by atoms with Gasteiger partial charge in [0.1, 0.15) is 6.61 Å². The van der Waals surface area contributed by atoms with Crippen LogP contribution in [0.15, 0.2) is 41.2 Å². The van der Waals surface area contributed by atoms with Crippen LogP contribution in [0.5, 0.6) is 0 Å². The number of Topliss-reactive ketones (excluding diaryl/α,β-unsaturated/α-hetero) is 1. The number of benzene rings is 1. The largest absolute Gasteiger partial charge is 0.463 e. The molecule has 1 aliphatic heterocycles. The first kappa shape index (κ1) is 16.2. The highest BCUT2D eigenvalue weighted by Crippen LogP contribution is 2.33. The number of hydrogen-bond acceptors (Lipinski definition) is 5. The second kappa shape index (κ2) is 6.22. The van der Waals surface area contributed by atoms with Crippen molar-refractivity contribution in [1.29, 1.82) is 0 Å². The average Bonchev–Trinajstić information content (AvgIpc) is 3.02. The van der Waals surface area contributed by atoms with Gasteiger partial charge in [0.2, 0.25) is 0 Å². The second-order valence-electron chi connectivity index (χ2n) is 6.22. The molecule has 0 saturated heterocycles. The molecular weight excluding hydrogens is 332 g/mol. The number of pyridine rings is 2. The van der Waals surface area contributed by atoms with Gasteiger partial charge in [-0.05, 0) is 23.8 Å². The summed E-state index contributed by atoms with van der Waals surface area (Å²) >= 11 is 0. The SMILES string of the molecule is CCC(=O)c1cc2n(c(=O)c1)Cc1cc3c(COC=O)cccc3nc1-2. The van der Waals surface area contributed by atoms with Gasteiger partial charge in [0.05, 0.1) is 23.4 Å². The zero-order valence-electron chi connectivity index (χ0n) is 14.2. The molecule has 1 aromatic carbocycles. The fourth-order valence-electron chi connectivity index (χ4n) is 3.38. The molecule has 0 N–H and O–H groups in total. The lowest BCUT2D eigenvalue weighted by Crippen LogP contribution is -2.19. The van der Waals surface area contributed by atoms with E-state index in [-0.39, 0.29) is 17.9 Å². The molecule has 0 bridgehead atoms. The van der Waals surface area contributed by atoms with Gasteiger partial charge in [0.15, 0.2) is 5.78 Å². The predicted octanol–water partition coefficient (Wildman–Crippen LogP) is 2.69. The number of carbonyl (C=O) groups is 2. The molecule has 0 spiro atoms. The van der Waals surface area contributed by atoms with Crippen LogP contribution in [0.25, 0.3) is 22.3 Å². The summed E-state index contributed by atoms with van der Waals surface area (Å²) in [4.78, 5) is 39.7. The average molecular weight is 348 g/mol. The van der Waals surface area contributed by atoms with Crippen molar-refractivity contribution in [3.8, 4) is 11.4 Å². The number of nitrogens with zero attached hydrogens (tertiary/aromatic N) is 2. The van der Waals surface area contributed by atoms with Crippen molar-refractivity contribution in [2.75, 3.05) is 0 Å². The van der Waals surface area contributed by atoms with Crippen molar-refractivity contribution in [2.24, 2.45) is 0 Å². The van der Waals surface area contributed by atoms with Crippen molar-refractivity contribution in [2.45, 2.75) is 26.5 Å². The number of carbonyl (C=O) groups excluding carboxylic acids is 2. The lowest BCUT2D eigenvalue weighted by atomic mass is 10.0. The van der Waals surface area contributed by atoms with Crippen molar-refractivity contribution in [3.63, 3.8) is 0 Å². The van der Waals surface area contributed by atoms with Gasteiger partial charge in [-0.2, -0.15) is 0 Å².